The molecule has 1 aromatic rings. The molecule has 3 amide bonds. The van der Waals surface area contributed by atoms with Crippen LogP contribution in [0.1, 0.15) is 7.12 Å². The van der Waals surface area contributed by atoms with Crippen molar-refractivity contribution < 1.29 is 75.8 Å². The molecule has 1 aliphatic heterocycles. The van der Waals surface area contributed by atoms with Crippen LogP contribution in [-0.4, -0.2) is 92.0 Å². The molecule has 2 unspecified atom stereocenters. The molecule has 2 heterocycles. The van der Waals surface area contributed by atoms with E-state index in [1.165, 1.54) is 5.38 Å². The second-order valence-electron chi connectivity index (χ2n) is 5.96. The molecule has 3 N–H and O–H groups in total. The van der Waals surface area contributed by atoms with Crippen LogP contribution in [0.5, 0.6) is 0 Å². The molecule has 1 aliphatic rings. The van der Waals surface area contributed by atoms with Gasteiger partial charge < -0.3 is 16.9 Å². The number of hydrogen-bond acceptors (Lipinski definition) is 12. The molecule has 180 valence electrons. The number of nitrogens with zero attached hydrogens (tertiary/aromatic N) is 3. The van der Waals surface area contributed by atoms with Gasteiger partial charge in [-0.3, -0.25) is 23.1 Å². The Morgan fingerprint density at radius 1 is 1.39 bits per heavy atom. The van der Waals surface area contributed by atoms with Gasteiger partial charge in [-0.2, -0.15) is 16.8 Å². The average Bonchev–Trinajstić information content (AvgIpc) is 3.12. The Morgan fingerprint density at radius 3 is 2.55 bits per heavy atom. The zero-order valence-electron chi connectivity index (χ0n) is 18.2. The van der Waals surface area contributed by atoms with Gasteiger partial charge in [0.2, 0.25) is 5.91 Å². The van der Waals surface area contributed by atoms with E-state index in [0.29, 0.717) is 6.26 Å². The zero-order chi connectivity index (χ0) is 24.3. The number of nitrogens with one attached hydrogen (secondary N) is 2. The molecule has 0 saturated carbocycles. The summed E-state index contributed by atoms with van der Waals surface area (Å²) in [6, 6.07) is -3.14. The first kappa shape index (κ1) is 29.7. The van der Waals surface area contributed by atoms with Crippen molar-refractivity contribution in [2.75, 3.05) is 31.2 Å². The van der Waals surface area contributed by atoms with Crippen molar-refractivity contribution in [3.8, 4) is 0 Å². The van der Waals surface area contributed by atoms with Gasteiger partial charge in [0.1, 0.15) is 30.8 Å². The van der Waals surface area contributed by atoms with Gasteiger partial charge in [-0.15, -0.1) is 22.9 Å². The van der Waals surface area contributed by atoms with Gasteiger partial charge in [-0.05, 0) is 0 Å². The van der Waals surface area contributed by atoms with Gasteiger partial charge in [0.05, 0.1) is 12.9 Å². The molecule has 0 aliphatic carbocycles. The third-order valence-corrected chi connectivity index (χ3v) is 6.18. The number of carbonyl (C=O) groups is 3. The molecule has 0 spiro atoms. The summed E-state index contributed by atoms with van der Waals surface area (Å²) in [5.74, 6) is -3.18. The fourth-order valence-electron chi connectivity index (χ4n) is 2.42. The van der Waals surface area contributed by atoms with Crippen molar-refractivity contribution in [1.82, 2.24) is 14.6 Å². The molecule has 1 aromatic heterocycles. The minimum Gasteiger partial charge on any atom is -1.00 e. The summed E-state index contributed by atoms with van der Waals surface area (Å²) in [5, 5.41) is 9.45. The number of hydrogen-bond donors (Lipinski definition) is 3. The van der Waals surface area contributed by atoms with Crippen molar-refractivity contribution in [2.24, 2.45) is 5.16 Å². The van der Waals surface area contributed by atoms with Crippen LogP contribution >= 0.6 is 22.9 Å². The predicted octanol–water partition coefficient (Wildman–Crippen LogP) is -4.74. The SMILES string of the molecule is CO/N=C(\C(=O)NC1C(=O)N(S(=O)(=O)O)C1COS(C)(=O)=O)c1csc(NC(=O)CCl)n1.[H-].[Na+]. The topological polar surface area (TPSA) is 211 Å². The molecule has 2 atom stereocenters. The summed E-state index contributed by atoms with van der Waals surface area (Å²) in [6.45, 7) is -0.864. The number of alkyl halides is 1. The Labute approximate surface area is 220 Å². The maximum Gasteiger partial charge on any atom is 1.00 e. The Balaban J connectivity index is 0.00000544. The maximum absolute atomic E-state index is 12.7. The van der Waals surface area contributed by atoms with Crippen molar-refractivity contribution in [1.29, 1.82) is 0 Å². The largest absolute Gasteiger partial charge is 1.00 e. The van der Waals surface area contributed by atoms with E-state index in [1.807, 2.05) is 0 Å². The Hall–Kier alpha value is -1.38. The number of aromatic nitrogens is 1. The van der Waals surface area contributed by atoms with Crippen LogP contribution in [0.25, 0.3) is 0 Å². The van der Waals surface area contributed by atoms with Crippen molar-refractivity contribution in [2.45, 2.75) is 12.1 Å². The minimum absolute atomic E-state index is 0. The van der Waals surface area contributed by atoms with Gasteiger partial charge in [0.15, 0.2) is 10.8 Å². The Bertz CT molecular complexity index is 1160. The van der Waals surface area contributed by atoms with Crippen LogP contribution in [0.3, 0.4) is 0 Å². The van der Waals surface area contributed by atoms with Crippen LogP contribution in [-0.2, 0) is 43.8 Å². The van der Waals surface area contributed by atoms with E-state index in [4.69, 9.17) is 11.6 Å². The van der Waals surface area contributed by atoms with Crippen LogP contribution in [0.2, 0.25) is 0 Å². The Kier molecular flexibility index (Phi) is 10.6. The average molecular weight is 558 g/mol. The number of halogens is 1. The quantitative estimate of drug-likeness (QED) is 0.0472. The van der Waals surface area contributed by atoms with Gasteiger partial charge in [-0.25, -0.2) is 9.29 Å². The number of thiazole rings is 1. The maximum atomic E-state index is 12.7. The summed E-state index contributed by atoms with van der Waals surface area (Å²) in [5.41, 5.74) is -0.516. The number of anilines is 1. The van der Waals surface area contributed by atoms with E-state index >= 15 is 0 Å². The van der Waals surface area contributed by atoms with E-state index in [2.05, 4.69) is 29.8 Å². The van der Waals surface area contributed by atoms with Crippen molar-refractivity contribution >= 4 is 71.9 Å². The van der Waals surface area contributed by atoms with E-state index < -0.39 is 62.5 Å². The minimum atomic E-state index is -5.05. The standard InChI is InChI=1S/C13H16ClN5O10S3.Na.H/c1-28-18-9(6-5-30-13(15-6)16-8(20)3-14)11(21)17-10-7(4-29-31(2,23)24)19(12(10)22)32(25,26)27;;/h5,7,10H,3-4H2,1-2H3,(H,17,21)(H,15,16,20)(H,25,26,27);;/q;+1;-1/b18-9-;;. The molecule has 15 nitrogen and oxygen atoms in total. The normalized spacial score (nSPS) is 18.7. The predicted molar refractivity (Wildman–Crippen MR) is 111 cm³/mol. The first-order chi connectivity index (χ1) is 14.8. The third kappa shape index (κ3) is 7.82. The first-order valence-corrected chi connectivity index (χ1v) is 12.8. The number of carbonyl (C=O) groups excluding carboxylic acids is 3. The molecule has 20 heteroatoms. The summed E-state index contributed by atoms with van der Waals surface area (Å²) in [4.78, 5) is 44.8. The molecular weight excluding hydrogens is 541 g/mol. The molecule has 2 rings (SSSR count). The van der Waals surface area contributed by atoms with Gasteiger partial charge in [0.25, 0.3) is 21.9 Å². The van der Waals surface area contributed by atoms with Crippen LogP contribution < -0.4 is 40.2 Å². The number of oxime groups is 1. The first-order valence-electron chi connectivity index (χ1n) is 8.17. The van der Waals surface area contributed by atoms with E-state index in [9.17, 15) is 35.8 Å². The molecule has 0 bridgehead atoms. The molecule has 1 saturated heterocycles. The summed E-state index contributed by atoms with van der Waals surface area (Å²) < 4.78 is 58.9. The van der Waals surface area contributed by atoms with E-state index in [-0.39, 0.29) is 52.0 Å². The van der Waals surface area contributed by atoms with Gasteiger partial charge >= 0.3 is 39.9 Å². The fourth-order valence-corrected chi connectivity index (χ4v) is 4.45. The van der Waals surface area contributed by atoms with Crippen LogP contribution in [0.15, 0.2) is 10.5 Å². The summed E-state index contributed by atoms with van der Waals surface area (Å²) in [7, 11) is -7.97. The summed E-state index contributed by atoms with van der Waals surface area (Å²) in [6.07, 6.45) is 0.686. The second kappa shape index (κ2) is 11.8. The molecule has 1 fully saturated rings. The third-order valence-electron chi connectivity index (χ3n) is 3.67. The van der Waals surface area contributed by atoms with Gasteiger partial charge in [0, 0.05) is 5.38 Å². The number of rotatable bonds is 10. The van der Waals surface area contributed by atoms with Crippen molar-refractivity contribution in [3.05, 3.63) is 11.1 Å². The molecule has 0 aromatic carbocycles. The zero-order valence-corrected chi connectivity index (χ0v) is 22.4. The second-order valence-corrected chi connectivity index (χ2v) is 10.0. The van der Waals surface area contributed by atoms with Crippen LogP contribution in [0, 0.1) is 0 Å². The number of amides is 3. The molecule has 33 heavy (non-hydrogen) atoms. The van der Waals surface area contributed by atoms with Gasteiger partial charge in [-0.1, -0.05) is 5.16 Å². The van der Waals surface area contributed by atoms with Crippen molar-refractivity contribution in [3.63, 3.8) is 0 Å². The van der Waals surface area contributed by atoms with Crippen LogP contribution in [0.4, 0.5) is 5.13 Å². The van der Waals surface area contributed by atoms with E-state index in [1.54, 1.807) is 0 Å². The smallest absolute Gasteiger partial charge is 1.00 e. The fraction of sp³-hybridized carbons (Fsp3) is 0.462. The molecule has 0 radical (unpaired) electrons. The summed E-state index contributed by atoms with van der Waals surface area (Å²) >= 11 is 6.32. The Morgan fingerprint density at radius 2 is 2.03 bits per heavy atom. The molecular formula is C13H17ClN5NaO10S3. The van der Waals surface area contributed by atoms with E-state index in [0.717, 1.165) is 18.4 Å². The number of β-lactam (4-membered cyclic amide) rings is 1. The monoisotopic (exact) mass is 557 g/mol.